The van der Waals surface area contributed by atoms with Gasteiger partial charge in [-0.2, -0.15) is 13.2 Å². The smallest absolute Gasteiger partial charge is 0.337 e. The first-order chi connectivity index (χ1) is 12.3. The van der Waals surface area contributed by atoms with Gasteiger partial charge >= 0.3 is 6.18 Å². The minimum Gasteiger partial charge on any atom is -0.337 e. The van der Waals surface area contributed by atoms with Crippen molar-refractivity contribution in [1.82, 2.24) is 9.88 Å². The maximum absolute atomic E-state index is 13.1. The van der Waals surface area contributed by atoms with Gasteiger partial charge in [-0.1, -0.05) is 18.2 Å². The van der Waals surface area contributed by atoms with Crippen LogP contribution in [0.2, 0.25) is 0 Å². The van der Waals surface area contributed by atoms with E-state index in [1.165, 1.54) is 17.4 Å². The van der Waals surface area contributed by atoms with Gasteiger partial charge in [0.25, 0.3) is 5.91 Å². The zero-order valence-electron chi connectivity index (χ0n) is 14.6. The third-order valence-electron chi connectivity index (χ3n) is 4.79. The molecule has 0 aliphatic carbocycles. The van der Waals surface area contributed by atoms with E-state index in [0.29, 0.717) is 37.2 Å². The molecule has 1 aromatic heterocycles. The van der Waals surface area contributed by atoms with Crippen LogP contribution in [0, 0.1) is 12.8 Å². The molecule has 0 bridgehead atoms. The molecule has 1 aliphatic rings. The number of carbonyl (C=O) groups is 1. The number of hydrogen-bond acceptors (Lipinski definition) is 3. The first-order valence-electron chi connectivity index (χ1n) is 8.71. The van der Waals surface area contributed by atoms with Gasteiger partial charge in [-0.3, -0.25) is 4.79 Å². The molecular weight excluding hydrogens is 361 g/mol. The van der Waals surface area contributed by atoms with Crippen LogP contribution in [-0.4, -0.2) is 28.9 Å². The number of piperidine rings is 1. The Hall–Kier alpha value is -1.89. The van der Waals surface area contributed by atoms with E-state index in [-0.39, 0.29) is 11.8 Å². The molecule has 140 valence electrons. The predicted octanol–water partition coefficient (Wildman–Crippen LogP) is 4.96. The fourth-order valence-corrected chi connectivity index (χ4v) is 4.07. The standard InChI is InChI=1S/C19H21F3N2OS/c1-13-23-17(12-26-13)18(25)24-10-4-5-14(11-24)8-9-15-6-2-3-7-16(15)19(20,21)22/h2-3,6-7,12,14H,4-5,8-11H2,1H3/t14-/m1/s1. The predicted molar refractivity (Wildman–Crippen MR) is 95.2 cm³/mol. The van der Waals surface area contributed by atoms with E-state index in [1.54, 1.807) is 22.4 Å². The molecule has 2 heterocycles. The second-order valence-electron chi connectivity index (χ2n) is 6.70. The number of hydrogen-bond donors (Lipinski definition) is 0. The highest BCUT2D eigenvalue weighted by Gasteiger charge is 2.33. The summed E-state index contributed by atoms with van der Waals surface area (Å²) in [6, 6.07) is 5.75. The number of rotatable bonds is 4. The number of aryl methyl sites for hydroxylation is 2. The molecule has 1 amide bonds. The molecule has 1 saturated heterocycles. The minimum atomic E-state index is -4.33. The number of thiazole rings is 1. The van der Waals surface area contributed by atoms with Gasteiger partial charge in [0.15, 0.2) is 0 Å². The number of alkyl halides is 3. The molecule has 3 rings (SSSR count). The summed E-state index contributed by atoms with van der Waals surface area (Å²) in [6.07, 6.45) is -1.49. The van der Waals surface area contributed by atoms with Crippen molar-refractivity contribution in [3.8, 4) is 0 Å². The highest BCUT2D eigenvalue weighted by Crippen LogP contribution is 2.33. The third-order valence-corrected chi connectivity index (χ3v) is 5.56. The van der Waals surface area contributed by atoms with Crippen molar-refractivity contribution >= 4 is 17.2 Å². The van der Waals surface area contributed by atoms with Crippen molar-refractivity contribution in [1.29, 1.82) is 0 Å². The van der Waals surface area contributed by atoms with E-state index >= 15 is 0 Å². The van der Waals surface area contributed by atoms with Gasteiger partial charge in [0, 0.05) is 18.5 Å². The molecule has 0 N–H and O–H groups in total. The molecule has 0 unspecified atom stereocenters. The molecule has 0 spiro atoms. The second kappa shape index (κ2) is 7.78. The van der Waals surface area contributed by atoms with Gasteiger partial charge in [-0.25, -0.2) is 4.98 Å². The quantitative estimate of drug-likeness (QED) is 0.749. The lowest BCUT2D eigenvalue weighted by Gasteiger charge is -2.32. The molecular formula is C19H21F3N2OS. The zero-order valence-corrected chi connectivity index (χ0v) is 15.4. The molecule has 1 fully saturated rings. The Bertz CT molecular complexity index is 772. The van der Waals surface area contributed by atoms with Crippen LogP contribution in [0.1, 0.15) is 45.9 Å². The monoisotopic (exact) mass is 382 g/mol. The van der Waals surface area contributed by atoms with Crippen LogP contribution in [0.3, 0.4) is 0 Å². The van der Waals surface area contributed by atoms with E-state index in [4.69, 9.17) is 0 Å². The minimum absolute atomic E-state index is 0.0743. The van der Waals surface area contributed by atoms with Crippen LogP contribution >= 0.6 is 11.3 Å². The van der Waals surface area contributed by atoms with Crippen molar-refractivity contribution in [2.45, 2.75) is 38.8 Å². The maximum Gasteiger partial charge on any atom is 0.416 e. The van der Waals surface area contributed by atoms with Crippen LogP contribution < -0.4 is 0 Å². The largest absolute Gasteiger partial charge is 0.416 e. The molecule has 1 aromatic carbocycles. The number of aromatic nitrogens is 1. The van der Waals surface area contributed by atoms with E-state index in [9.17, 15) is 18.0 Å². The number of amides is 1. The van der Waals surface area contributed by atoms with Crippen LogP contribution in [-0.2, 0) is 12.6 Å². The fourth-order valence-electron chi connectivity index (χ4n) is 3.48. The van der Waals surface area contributed by atoms with E-state index in [2.05, 4.69) is 4.98 Å². The topological polar surface area (TPSA) is 33.2 Å². The van der Waals surface area contributed by atoms with Crippen molar-refractivity contribution in [3.05, 3.63) is 51.5 Å². The van der Waals surface area contributed by atoms with Crippen LogP contribution in [0.4, 0.5) is 13.2 Å². The summed E-state index contributed by atoms with van der Waals surface area (Å²) in [6.45, 7) is 3.13. The normalized spacial score (nSPS) is 18.2. The molecule has 1 aliphatic heterocycles. The van der Waals surface area contributed by atoms with Gasteiger partial charge in [0.2, 0.25) is 0 Å². The van der Waals surface area contributed by atoms with Crippen LogP contribution in [0.25, 0.3) is 0 Å². The Morgan fingerprint density at radius 1 is 1.35 bits per heavy atom. The first kappa shape index (κ1) is 18.9. The molecule has 7 heteroatoms. The second-order valence-corrected chi connectivity index (χ2v) is 7.77. The Balaban J connectivity index is 1.62. The third kappa shape index (κ3) is 4.44. The van der Waals surface area contributed by atoms with Gasteiger partial charge in [0.1, 0.15) is 5.69 Å². The lowest BCUT2D eigenvalue weighted by atomic mass is 9.90. The molecule has 3 nitrogen and oxygen atoms in total. The molecule has 26 heavy (non-hydrogen) atoms. The zero-order chi connectivity index (χ0) is 18.7. The van der Waals surface area contributed by atoms with Gasteiger partial charge in [-0.05, 0) is 50.2 Å². The molecule has 0 saturated carbocycles. The number of carbonyl (C=O) groups excluding carboxylic acids is 1. The van der Waals surface area contributed by atoms with Crippen molar-refractivity contribution in [2.24, 2.45) is 5.92 Å². The van der Waals surface area contributed by atoms with E-state index < -0.39 is 11.7 Å². The summed E-state index contributed by atoms with van der Waals surface area (Å²) in [7, 11) is 0. The molecule has 1 atom stereocenters. The van der Waals surface area contributed by atoms with Crippen molar-refractivity contribution < 1.29 is 18.0 Å². The molecule has 0 radical (unpaired) electrons. The average molecular weight is 382 g/mol. The number of benzene rings is 1. The van der Waals surface area contributed by atoms with Crippen LogP contribution in [0.5, 0.6) is 0 Å². The summed E-state index contributed by atoms with van der Waals surface area (Å²) in [4.78, 5) is 18.6. The van der Waals surface area contributed by atoms with Gasteiger partial charge in [0.05, 0.1) is 10.6 Å². The summed E-state index contributed by atoms with van der Waals surface area (Å²) in [5.74, 6) is 0.142. The Labute approximate surface area is 154 Å². The summed E-state index contributed by atoms with van der Waals surface area (Å²) < 4.78 is 39.3. The number of nitrogens with zero attached hydrogens (tertiary/aromatic N) is 2. The van der Waals surface area contributed by atoms with E-state index in [0.717, 1.165) is 23.9 Å². The highest BCUT2D eigenvalue weighted by molar-refractivity contribution is 7.09. The first-order valence-corrected chi connectivity index (χ1v) is 9.59. The van der Waals surface area contributed by atoms with Gasteiger partial charge in [-0.15, -0.1) is 11.3 Å². The lowest BCUT2D eigenvalue weighted by Crippen LogP contribution is -2.40. The van der Waals surface area contributed by atoms with Crippen LogP contribution in [0.15, 0.2) is 29.6 Å². The summed E-state index contributed by atoms with van der Waals surface area (Å²) in [5.41, 5.74) is 0.246. The van der Waals surface area contributed by atoms with Crippen molar-refractivity contribution in [3.63, 3.8) is 0 Å². The molecule has 2 aromatic rings. The average Bonchev–Trinajstić information content (AvgIpc) is 3.05. The lowest BCUT2D eigenvalue weighted by molar-refractivity contribution is -0.138. The number of likely N-dealkylation sites (tertiary alicyclic amines) is 1. The summed E-state index contributed by atoms with van der Waals surface area (Å²) in [5, 5.41) is 2.62. The fraction of sp³-hybridized carbons (Fsp3) is 0.474. The Kier molecular flexibility index (Phi) is 5.65. The summed E-state index contributed by atoms with van der Waals surface area (Å²) >= 11 is 1.44. The highest BCUT2D eigenvalue weighted by atomic mass is 32.1. The Morgan fingerprint density at radius 3 is 2.81 bits per heavy atom. The van der Waals surface area contributed by atoms with E-state index in [1.807, 2.05) is 6.92 Å². The van der Waals surface area contributed by atoms with Crippen molar-refractivity contribution in [2.75, 3.05) is 13.1 Å². The van der Waals surface area contributed by atoms with Gasteiger partial charge < -0.3 is 4.90 Å². The maximum atomic E-state index is 13.1. The number of halogens is 3. The SMILES string of the molecule is Cc1nc(C(=O)N2CCC[C@H](CCc3ccccc3C(F)(F)F)C2)cs1. The Morgan fingerprint density at radius 2 is 2.12 bits per heavy atom.